The van der Waals surface area contributed by atoms with Crippen LogP contribution in [-0.2, 0) is 4.79 Å². The van der Waals surface area contributed by atoms with E-state index in [1.165, 1.54) is 24.7 Å². The second-order valence-corrected chi connectivity index (χ2v) is 9.10. The highest BCUT2D eigenvalue weighted by Crippen LogP contribution is 2.36. The minimum atomic E-state index is -0.426. The molecular formula is C28H21ClN6O2. The second-order valence-electron chi connectivity index (χ2n) is 8.69. The fraction of sp³-hybridized carbons (Fsp3) is 0.143. The number of aromatic nitrogens is 3. The molecule has 1 N–H and O–H groups in total. The number of fused-ring (bicyclic) bond motifs is 1. The molecule has 3 heterocycles. The number of rotatable bonds is 5. The molecule has 8 nitrogen and oxygen atoms in total. The number of nitriles is 1. The quantitative estimate of drug-likeness (QED) is 0.381. The number of pyridine rings is 1. The van der Waals surface area contributed by atoms with Crippen LogP contribution in [0.15, 0.2) is 73.8 Å². The van der Waals surface area contributed by atoms with E-state index in [-0.39, 0.29) is 28.2 Å². The van der Waals surface area contributed by atoms with Crippen LogP contribution in [0.3, 0.4) is 0 Å². The van der Waals surface area contributed by atoms with Crippen LogP contribution < -0.4 is 5.32 Å². The first-order valence-corrected chi connectivity index (χ1v) is 12.0. The number of hydrogen-bond donors (Lipinski definition) is 1. The van der Waals surface area contributed by atoms with Crippen LogP contribution in [0.25, 0.3) is 22.0 Å². The van der Waals surface area contributed by atoms with Crippen molar-refractivity contribution in [3.8, 4) is 17.2 Å². The van der Waals surface area contributed by atoms with Crippen LogP contribution in [0, 0.1) is 11.3 Å². The van der Waals surface area contributed by atoms with E-state index >= 15 is 0 Å². The average Bonchev–Trinajstić information content (AvgIpc) is 3.42. The molecule has 2 amide bonds. The number of hydrogen-bond acceptors (Lipinski definition) is 6. The standard InChI is InChI=1S/C28H21ClN6O2/c1-2-26(36)35-8-6-19(15-35)23-11-20(10-21-14-31-16-33-27(21)23)18-3-4-22(24(29)12-18)28(37)34-25-9-17(13-30)5-7-32-25/h2-5,7,9-12,14,16,19H,1,6,8,15H2,(H,32,34,37). The Balaban J connectivity index is 1.46. The summed E-state index contributed by atoms with van der Waals surface area (Å²) in [6.07, 6.45) is 6.91. The summed E-state index contributed by atoms with van der Waals surface area (Å²) in [6.45, 7) is 4.85. The van der Waals surface area contributed by atoms with E-state index in [4.69, 9.17) is 16.9 Å². The summed E-state index contributed by atoms with van der Waals surface area (Å²) >= 11 is 6.54. The second kappa shape index (κ2) is 10.2. The fourth-order valence-electron chi connectivity index (χ4n) is 4.58. The van der Waals surface area contributed by atoms with Gasteiger partial charge in [0.15, 0.2) is 0 Å². The third kappa shape index (κ3) is 4.90. The van der Waals surface area contributed by atoms with Crippen LogP contribution in [0.1, 0.15) is 33.8 Å². The van der Waals surface area contributed by atoms with E-state index in [0.29, 0.717) is 18.7 Å². The monoisotopic (exact) mass is 508 g/mol. The maximum absolute atomic E-state index is 12.8. The van der Waals surface area contributed by atoms with Crippen LogP contribution in [0.4, 0.5) is 5.82 Å². The zero-order valence-electron chi connectivity index (χ0n) is 19.7. The number of nitrogens with zero attached hydrogens (tertiary/aromatic N) is 5. The molecule has 0 spiro atoms. The lowest BCUT2D eigenvalue weighted by molar-refractivity contribution is -0.125. The van der Waals surface area contributed by atoms with Crippen molar-refractivity contribution < 1.29 is 9.59 Å². The molecule has 1 fully saturated rings. The van der Waals surface area contributed by atoms with Gasteiger partial charge in [0.2, 0.25) is 5.91 Å². The summed E-state index contributed by atoms with van der Waals surface area (Å²) in [5, 5.41) is 12.9. The lowest BCUT2D eigenvalue weighted by Crippen LogP contribution is -2.26. The normalized spacial score (nSPS) is 14.8. The largest absolute Gasteiger partial charge is 0.339 e. The third-order valence-electron chi connectivity index (χ3n) is 6.43. The first-order valence-electron chi connectivity index (χ1n) is 11.6. The van der Waals surface area contributed by atoms with Gasteiger partial charge in [-0.15, -0.1) is 0 Å². The average molecular weight is 509 g/mol. The molecule has 1 unspecified atom stereocenters. The van der Waals surface area contributed by atoms with Gasteiger partial charge in [0.1, 0.15) is 12.1 Å². The number of halogens is 1. The molecule has 5 rings (SSSR count). The Labute approximate surface area is 218 Å². The van der Waals surface area contributed by atoms with Crippen molar-refractivity contribution in [2.75, 3.05) is 18.4 Å². The number of anilines is 1. The Bertz CT molecular complexity index is 1600. The van der Waals surface area contributed by atoms with E-state index in [1.54, 1.807) is 29.3 Å². The van der Waals surface area contributed by atoms with E-state index < -0.39 is 5.91 Å². The number of amides is 2. The van der Waals surface area contributed by atoms with Crippen molar-refractivity contribution in [3.05, 3.63) is 95.6 Å². The summed E-state index contributed by atoms with van der Waals surface area (Å²) in [5.74, 6) is -0.111. The van der Waals surface area contributed by atoms with Gasteiger partial charge in [0, 0.05) is 36.8 Å². The summed E-state index contributed by atoms with van der Waals surface area (Å²) < 4.78 is 0. The number of carbonyl (C=O) groups excluding carboxylic acids is 2. The molecule has 0 radical (unpaired) electrons. The molecule has 9 heteroatoms. The Hall–Kier alpha value is -4.61. The molecule has 2 aromatic carbocycles. The Morgan fingerprint density at radius 1 is 1.16 bits per heavy atom. The molecule has 1 saturated heterocycles. The fourth-order valence-corrected chi connectivity index (χ4v) is 4.85. The molecule has 0 bridgehead atoms. The molecule has 182 valence electrons. The SMILES string of the molecule is C=CC(=O)N1CCC(c2cc(-c3ccc(C(=O)Nc4cc(C#N)ccn4)c(Cl)c3)cc3cncnc23)C1. The van der Waals surface area contributed by atoms with Crippen LogP contribution in [-0.4, -0.2) is 44.8 Å². The summed E-state index contributed by atoms with van der Waals surface area (Å²) in [4.78, 5) is 39.5. The van der Waals surface area contributed by atoms with Gasteiger partial charge in [-0.25, -0.2) is 15.0 Å². The van der Waals surface area contributed by atoms with Gasteiger partial charge < -0.3 is 10.2 Å². The molecule has 37 heavy (non-hydrogen) atoms. The van der Waals surface area contributed by atoms with Gasteiger partial charge >= 0.3 is 0 Å². The minimum Gasteiger partial charge on any atom is -0.339 e. The molecule has 1 atom stereocenters. The molecule has 0 aliphatic carbocycles. The molecule has 1 aliphatic heterocycles. The number of carbonyl (C=O) groups is 2. The third-order valence-corrected chi connectivity index (χ3v) is 6.74. The summed E-state index contributed by atoms with van der Waals surface area (Å²) in [6, 6.07) is 14.4. The summed E-state index contributed by atoms with van der Waals surface area (Å²) in [5.41, 5.74) is 4.30. The minimum absolute atomic E-state index is 0.0761. The highest BCUT2D eigenvalue weighted by atomic mass is 35.5. The topological polar surface area (TPSA) is 112 Å². The Morgan fingerprint density at radius 3 is 2.81 bits per heavy atom. The number of likely N-dealkylation sites (tertiary alicyclic amines) is 1. The first-order chi connectivity index (χ1) is 18.0. The molecule has 2 aromatic heterocycles. The first kappa shape index (κ1) is 24.1. The van der Waals surface area contributed by atoms with E-state index in [2.05, 4.69) is 32.9 Å². The van der Waals surface area contributed by atoms with Gasteiger partial charge in [-0.1, -0.05) is 24.2 Å². The van der Waals surface area contributed by atoms with E-state index in [1.807, 2.05) is 18.2 Å². The van der Waals surface area contributed by atoms with Crippen molar-refractivity contribution in [1.82, 2.24) is 19.9 Å². The predicted octanol–water partition coefficient (Wildman–Crippen LogP) is 4.97. The van der Waals surface area contributed by atoms with Gasteiger partial charge in [0.05, 0.1) is 27.7 Å². The number of nitrogens with one attached hydrogen (secondary N) is 1. The van der Waals surface area contributed by atoms with Crippen molar-refractivity contribution in [3.63, 3.8) is 0 Å². The predicted molar refractivity (Wildman–Crippen MR) is 141 cm³/mol. The van der Waals surface area contributed by atoms with E-state index in [0.717, 1.165) is 34.0 Å². The van der Waals surface area contributed by atoms with Crippen molar-refractivity contribution in [1.29, 1.82) is 5.26 Å². The molecular weight excluding hydrogens is 488 g/mol. The highest BCUT2D eigenvalue weighted by Gasteiger charge is 2.28. The van der Waals surface area contributed by atoms with Crippen LogP contribution >= 0.6 is 11.6 Å². The van der Waals surface area contributed by atoms with Gasteiger partial charge in [-0.3, -0.25) is 9.59 Å². The zero-order chi connectivity index (χ0) is 25.9. The van der Waals surface area contributed by atoms with Crippen LogP contribution in [0.2, 0.25) is 5.02 Å². The van der Waals surface area contributed by atoms with Gasteiger partial charge in [-0.05, 0) is 65.6 Å². The Morgan fingerprint density at radius 2 is 2.03 bits per heavy atom. The molecule has 0 saturated carbocycles. The highest BCUT2D eigenvalue weighted by molar-refractivity contribution is 6.34. The Kier molecular flexibility index (Phi) is 6.62. The summed E-state index contributed by atoms with van der Waals surface area (Å²) in [7, 11) is 0. The smallest absolute Gasteiger partial charge is 0.258 e. The number of benzene rings is 2. The molecule has 4 aromatic rings. The van der Waals surface area contributed by atoms with Crippen molar-refractivity contribution >= 4 is 40.1 Å². The molecule has 1 aliphatic rings. The van der Waals surface area contributed by atoms with E-state index in [9.17, 15) is 9.59 Å². The lowest BCUT2D eigenvalue weighted by atomic mass is 9.91. The zero-order valence-corrected chi connectivity index (χ0v) is 20.4. The maximum atomic E-state index is 12.8. The van der Waals surface area contributed by atoms with Gasteiger partial charge in [0.25, 0.3) is 5.91 Å². The van der Waals surface area contributed by atoms with Crippen molar-refractivity contribution in [2.45, 2.75) is 12.3 Å². The lowest BCUT2D eigenvalue weighted by Gasteiger charge is -2.17. The maximum Gasteiger partial charge on any atom is 0.258 e. The van der Waals surface area contributed by atoms with Crippen LogP contribution in [0.5, 0.6) is 0 Å². The van der Waals surface area contributed by atoms with Gasteiger partial charge in [-0.2, -0.15) is 5.26 Å². The van der Waals surface area contributed by atoms with Crippen molar-refractivity contribution in [2.24, 2.45) is 0 Å².